The van der Waals surface area contributed by atoms with Gasteiger partial charge in [-0.15, -0.1) is 0 Å². The lowest BCUT2D eigenvalue weighted by atomic mass is 10.0. The molecule has 0 aromatic heterocycles. The molecule has 0 aliphatic heterocycles. The summed E-state index contributed by atoms with van der Waals surface area (Å²) in [5.41, 5.74) is -2.46. The zero-order valence-corrected chi connectivity index (χ0v) is 11.0. The topological polar surface area (TPSA) is 89.9 Å². The van der Waals surface area contributed by atoms with E-state index in [0.29, 0.717) is 0 Å². The van der Waals surface area contributed by atoms with Gasteiger partial charge < -0.3 is 14.6 Å². The second-order valence-corrected chi connectivity index (χ2v) is 5.29. The summed E-state index contributed by atoms with van der Waals surface area (Å²) in [6.45, 7) is 6.70. The minimum Gasteiger partial charge on any atom is -0.480 e. The van der Waals surface area contributed by atoms with Crippen LogP contribution < -0.4 is 0 Å². The molecule has 1 rings (SSSR count). The van der Waals surface area contributed by atoms with Crippen LogP contribution in [0.4, 0.5) is 0 Å². The molecule has 1 aliphatic carbocycles. The average molecular weight is 258 g/mol. The molecule has 6 heteroatoms. The Labute approximate surface area is 105 Å². The summed E-state index contributed by atoms with van der Waals surface area (Å²) >= 11 is 0. The molecule has 1 aliphatic rings. The Morgan fingerprint density at radius 2 is 1.89 bits per heavy atom. The number of carbonyl (C=O) groups is 3. The molecule has 0 heterocycles. The maximum atomic E-state index is 11.8. The molecule has 2 unspecified atom stereocenters. The summed E-state index contributed by atoms with van der Waals surface area (Å²) < 4.78 is 9.80. The molecule has 0 aromatic carbocycles. The number of hydrogen-bond acceptors (Lipinski definition) is 5. The van der Waals surface area contributed by atoms with E-state index in [1.165, 1.54) is 0 Å². The van der Waals surface area contributed by atoms with Gasteiger partial charge in [-0.25, -0.2) is 0 Å². The van der Waals surface area contributed by atoms with Crippen LogP contribution in [-0.2, 0) is 23.9 Å². The van der Waals surface area contributed by atoms with Crippen molar-refractivity contribution in [3.63, 3.8) is 0 Å². The largest absolute Gasteiger partial charge is 0.480 e. The SMILES string of the molecule is CCOC(=O)C1(C(=O)O)CC1C(=O)OC(C)(C)C. The quantitative estimate of drug-likeness (QED) is 0.597. The number of carboxylic acid groups (broad SMARTS) is 1. The van der Waals surface area contributed by atoms with Crippen LogP contribution in [0.2, 0.25) is 0 Å². The zero-order valence-electron chi connectivity index (χ0n) is 11.0. The van der Waals surface area contributed by atoms with E-state index >= 15 is 0 Å². The summed E-state index contributed by atoms with van der Waals surface area (Å²) in [6.07, 6.45) is -0.0594. The van der Waals surface area contributed by atoms with E-state index in [-0.39, 0.29) is 13.0 Å². The summed E-state index contributed by atoms with van der Waals surface area (Å²) in [7, 11) is 0. The third-order valence-electron chi connectivity index (χ3n) is 2.67. The summed E-state index contributed by atoms with van der Waals surface area (Å²) in [4.78, 5) is 34.6. The van der Waals surface area contributed by atoms with Gasteiger partial charge in [0, 0.05) is 0 Å². The molecule has 1 fully saturated rings. The molecule has 0 aromatic rings. The standard InChI is InChI=1S/C12H18O6/c1-5-17-10(16)12(9(14)15)6-7(12)8(13)18-11(2,3)4/h7H,5-6H2,1-4H3,(H,14,15). The van der Waals surface area contributed by atoms with Crippen molar-refractivity contribution in [2.24, 2.45) is 11.3 Å². The number of hydrogen-bond donors (Lipinski definition) is 1. The van der Waals surface area contributed by atoms with Crippen LogP contribution in [0.1, 0.15) is 34.1 Å². The molecular weight excluding hydrogens is 240 g/mol. The van der Waals surface area contributed by atoms with Crippen molar-refractivity contribution in [2.45, 2.75) is 39.7 Å². The van der Waals surface area contributed by atoms with E-state index < -0.39 is 34.8 Å². The van der Waals surface area contributed by atoms with E-state index in [1.807, 2.05) is 0 Å². The Hall–Kier alpha value is -1.59. The second-order valence-electron chi connectivity index (χ2n) is 5.29. The highest BCUT2D eigenvalue weighted by Gasteiger charge is 2.71. The predicted molar refractivity (Wildman–Crippen MR) is 60.7 cm³/mol. The first-order valence-electron chi connectivity index (χ1n) is 5.78. The van der Waals surface area contributed by atoms with Crippen LogP contribution in [0.25, 0.3) is 0 Å². The van der Waals surface area contributed by atoms with Crippen LogP contribution in [0.3, 0.4) is 0 Å². The fourth-order valence-electron chi connectivity index (χ4n) is 1.73. The normalized spacial score (nSPS) is 26.3. The first-order valence-corrected chi connectivity index (χ1v) is 5.78. The molecule has 2 atom stereocenters. The van der Waals surface area contributed by atoms with Crippen LogP contribution in [0, 0.1) is 11.3 Å². The van der Waals surface area contributed by atoms with Crippen LogP contribution in [-0.4, -0.2) is 35.2 Å². The third kappa shape index (κ3) is 2.63. The van der Waals surface area contributed by atoms with Crippen molar-refractivity contribution < 1.29 is 29.0 Å². The first kappa shape index (κ1) is 14.5. The summed E-state index contributed by atoms with van der Waals surface area (Å²) in [5.74, 6) is -3.82. The summed E-state index contributed by atoms with van der Waals surface area (Å²) in [6, 6.07) is 0. The van der Waals surface area contributed by atoms with Gasteiger partial charge in [-0.3, -0.25) is 14.4 Å². The van der Waals surface area contributed by atoms with Crippen molar-refractivity contribution in [3.05, 3.63) is 0 Å². The van der Waals surface area contributed by atoms with Gasteiger partial charge in [0.1, 0.15) is 5.60 Å². The molecule has 0 saturated heterocycles. The molecule has 0 spiro atoms. The number of rotatable bonds is 4. The monoisotopic (exact) mass is 258 g/mol. The van der Waals surface area contributed by atoms with Crippen molar-refractivity contribution in [2.75, 3.05) is 6.61 Å². The van der Waals surface area contributed by atoms with Crippen molar-refractivity contribution in [1.29, 1.82) is 0 Å². The van der Waals surface area contributed by atoms with E-state index in [0.717, 1.165) is 0 Å². The van der Waals surface area contributed by atoms with E-state index in [1.54, 1.807) is 27.7 Å². The lowest BCUT2D eigenvalue weighted by Gasteiger charge is -2.20. The maximum absolute atomic E-state index is 11.8. The fraction of sp³-hybridized carbons (Fsp3) is 0.750. The Bertz CT molecular complexity index is 381. The van der Waals surface area contributed by atoms with Crippen LogP contribution in [0.15, 0.2) is 0 Å². The zero-order chi connectivity index (χ0) is 14.1. The number of aliphatic carboxylic acids is 1. The number of carbonyl (C=O) groups excluding carboxylic acids is 2. The van der Waals surface area contributed by atoms with Crippen molar-refractivity contribution in [1.82, 2.24) is 0 Å². The molecule has 1 N–H and O–H groups in total. The molecule has 0 bridgehead atoms. The molecule has 6 nitrogen and oxygen atoms in total. The lowest BCUT2D eigenvalue weighted by molar-refractivity contribution is -0.168. The number of carboxylic acids is 1. The van der Waals surface area contributed by atoms with Crippen molar-refractivity contribution in [3.8, 4) is 0 Å². The van der Waals surface area contributed by atoms with Gasteiger partial charge in [0.15, 0.2) is 5.41 Å². The average Bonchev–Trinajstić information content (AvgIpc) is 2.91. The van der Waals surface area contributed by atoms with E-state index in [2.05, 4.69) is 0 Å². The van der Waals surface area contributed by atoms with Crippen molar-refractivity contribution >= 4 is 17.9 Å². The molecule has 102 valence electrons. The molecule has 18 heavy (non-hydrogen) atoms. The lowest BCUT2D eigenvalue weighted by Crippen LogP contribution is -2.34. The fourth-order valence-corrected chi connectivity index (χ4v) is 1.73. The highest BCUT2D eigenvalue weighted by Crippen LogP contribution is 2.54. The van der Waals surface area contributed by atoms with Crippen LogP contribution in [0.5, 0.6) is 0 Å². The maximum Gasteiger partial charge on any atom is 0.324 e. The first-order chi connectivity index (χ1) is 8.15. The molecule has 0 radical (unpaired) electrons. The predicted octanol–water partition coefficient (Wildman–Crippen LogP) is 0.982. The highest BCUT2D eigenvalue weighted by atomic mass is 16.6. The molecule has 0 amide bonds. The minimum atomic E-state index is -1.75. The Kier molecular flexibility index (Phi) is 3.69. The van der Waals surface area contributed by atoms with Gasteiger partial charge in [0.2, 0.25) is 0 Å². The van der Waals surface area contributed by atoms with Gasteiger partial charge >= 0.3 is 17.9 Å². The van der Waals surface area contributed by atoms with Gasteiger partial charge in [0.25, 0.3) is 0 Å². The van der Waals surface area contributed by atoms with Gasteiger partial charge in [-0.05, 0) is 34.1 Å². The summed E-state index contributed by atoms with van der Waals surface area (Å²) in [5, 5.41) is 9.11. The van der Waals surface area contributed by atoms with Gasteiger partial charge in [0.05, 0.1) is 12.5 Å². The number of esters is 2. The van der Waals surface area contributed by atoms with Crippen LogP contribution >= 0.6 is 0 Å². The van der Waals surface area contributed by atoms with E-state index in [9.17, 15) is 14.4 Å². The van der Waals surface area contributed by atoms with Gasteiger partial charge in [-0.1, -0.05) is 0 Å². The Morgan fingerprint density at radius 1 is 1.33 bits per heavy atom. The minimum absolute atomic E-state index is 0.0594. The van der Waals surface area contributed by atoms with Gasteiger partial charge in [-0.2, -0.15) is 0 Å². The highest BCUT2D eigenvalue weighted by molar-refractivity contribution is 6.08. The Balaban J connectivity index is 2.80. The smallest absolute Gasteiger partial charge is 0.324 e. The molecule has 1 saturated carbocycles. The number of ether oxygens (including phenoxy) is 2. The van der Waals surface area contributed by atoms with E-state index in [4.69, 9.17) is 14.6 Å². The third-order valence-corrected chi connectivity index (χ3v) is 2.67. The Morgan fingerprint density at radius 3 is 2.28 bits per heavy atom. The molecular formula is C12H18O6. The second kappa shape index (κ2) is 4.59.